The molecule has 0 unspecified atom stereocenters. The highest BCUT2D eigenvalue weighted by Crippen LogP contribution is 2.16. The number of pyridine rings is 1. The first kappa shape index (κ1) is 16.6. The van der Waals surface area contributed by atoms with Crippen LogP contribution in [0.4, 0.5) is 4.39 Å². The van der Waals surface area contributed by atoms with Crippen molar-refractivity contribution < 1.29 is 12.8 Å². The van der Waals surface area contributed by atoms with Crippen LogP contribution in [0, 0.1) is 5.82 Å². The third-order valence-corrected chi connectivity index (χ3v) is 5.71. The summed E-state index contributed by atoms with van der Waals surface area (Å²) < 4.78 is 41.6. The molecule has 0 radical (unpaired) electrons. The van der Waals surface area contributed by atoms with E-state index in [1.54, 1.807) is 13.1 Å². The summed E-state index contributed by atoms with van der Waals surface area (Å²) in [5.74, 6) is -0.535. The van der Waals surface area contributed by atoms with E-state index in [9.17, 15) is 12.8 Å². The molecule has 2 heterocycles. The van der Waals surface area contributed by atoms with Crippen LogP contribution in [-0.4, -0.2) is 28.7 Å². The minimum Gasteiger partial charge on any atom is -0.303 e. The molecule has 0 atom stereocenters. The summed E-state index contributed by atoms with van der Waals surface area (Å²) in [6.07, 6.45) is 3.55. The Morgan fingerprint density at radius 3 is 2.62 bits per heavy atom. The topological polar surface area (TPSA) is 54.7 Å². The highest BCUT2D eigenvalue weighted by molar-refractivity contribution is 7.88. The fourth-order valence-corrected chi connectivity index (χ4v) is 4.09. The smallest absolute Gasteiger partial charge is 0.218 e. The number of hydrogen-bond acceptors (Lipinski definition) is 3. The van der Waals surface area contributed by atoms with Gasteiger partial charge in [0.1, 0.15) is 11.5 Å². The van der Waals surface area contributed by atoms with E-state index >= 15 is 0 Å². The number of fused-ring (bicyclic) bond motifs is 1. The fourth-order valence-electron chi connectivity index (χ4n) is 2.57. The van der Waals surface area contributed by atoms with Gasteiger partial charge in [0, 0.05) is 12.7 Å². The van der Waals surface area contributed by atoms with Crippen molar-refractivity contribution in [2.75, 3.05) is 6.54 Å². The van der Waals surface area contributed by atoms with Crippen molar-refractivity contribution >= 4 is 15.7 Å². The molecule has 0 saturated carbocycles. The molecule has 3 aromatic rings. The summed E-state index contributed by atoms with van der Waals surface area (Å²) >= 11 is 0. The number of aromatic nitrogens is 2. The lowest BCUT2D eigenvalue weighted by molar-refractivity contribution is 0.417. The van der Waals surface area contributed by atoms with Gasteiger partial charge in [0.25, 0.3) is 0 Å². The monoisotopic (exact) mass is 347 g/mol. The lowest BCUT2D eigenvalue weighted by Gasteiger charge is -2.20. The largest absolute Gasteiger partial charge is 0.303 e. The first-order valence-corrected chi connectivity index (χ1v) is 9.24. The lowest BCUT2D eigenvalue weighted by atomic mass is 10.2. The van der Waals surface area contributed by atoms with Crippen molar-refractivity contribution in [2.45, 2.75) is 19.2 Å². The van der Waals surface area contributed by atoms with Gasteiger partial charge in [-0.2, -0.15) is 4.31 Å². The average molecular weight is 347 g/mol. The molecule has 1 aromatic carbocycles. The molecule has 24 heavy (non-hydrogen) atoms. The summed E-state index contributed by atoms with van der Waals surface area (Å²) in [4.78, 5) is 4.28. The van der Waals surface area contributed by atoms with E-state index in [1.165, 1.54) is 28.6 Å². The Balaban J connectivity index is 1.83. The van der Waals surface area contributed by atoms with Gasteiger partial charge in [-0.05, 0) is 29.8 Å². The van der Waals surface area contributed by atoms with Gasteiger partial charge in [0.15, 0.2) is 0 Å². The number of benzene rings is 1. The van der Waals surface area contributed by atoms with Crippen molar-refractivity contribution in [3.63, 3.8) is 0 Å². The van der Waals surface area contributed by atoms with Gasteiger partial charge in [-0.3, -0.25) is 0 Å². The van der Waals surface area contributed by atoms with Crippen LogP contribution in [0.3, 0.4) is 0 Å². The third-order valence-electron chi connectivity index (χ3n) is 3.84. The van der Waals surface area contributed by atoms with Crippen LogP contribution in [0.5, 0.6) is 0 Å². The molecular formula is C17H18FN3O2S. The Labute approximate surface area is 140 Å². The van der Waals surface area contributed by atoms with E-state index in [2.05, 4.69) is 4.98 Å². The fraction of sp³-hybridized carbons (Fsp3) is 0.235. The van der Waals surface area contributed by atoms with Gasteiger partial charge in [0.05, 0.1) is 24.2 Å². The summed E-state index contributed by atoms with van der Waals surface area (Å²) in [5, 5.41) is 0. The van der Waals surface area contributed by atoms with E-state index in [-0.39, 0.29) is 18.1 Å². The summed E-state index contributed by atoms with van der Waals surface area (Å²) in [6, 6.07) is 11.2. The Bertz CT molecular complexity index is 936. The molecule has 5 nitrogen and oxygen atoms in total. The number of rotatable bonds is 6. The molecule has 0 aliphatic carbocycles. The first-order chi connectivity index (χ1) is 11.5. The molecule has 0 saturated heterocycles. The van der Waals surface area contributed by atoms with Gasteiger partial charge in [-0.15, -0.1) is 0 Å². The van der Waals surface area contributed by atoms with Crippen molar-refractivity contribution in [3.05, 3.63) is 71.9 Å². The molecule has 0 spiro atoms. The van der Waals surface area contributed by atoms with E-state index < -0.39 is 10.0 Å². The normalized spacial score (nSPS) is 12.1. The van der Waals surface area contributed by atoms with Gasteiger partial charge < -0.3 is 4.40 Å². The molecule has 0 bridgehead atoms. The van der Waals surface area contributed by atoms with Crippen molar-refractivity contribution in [2.24, 2.45) is 0 Å². The van der Waals surface area contributed by atoms with Crippen LogP contribution in [0.15, 0.2) is 54.9 Å². The number of halogens is 1. The number of imidazole rings is 1. The predicted molar refractivity (Wildman–Crippen MR) is 90.3 cm³/mol. The molecule has 0 fully saturated rings. The Morgan fingerprint density at radius 1 is 1.17 bits per heavy atom. The van der Waals surface area contributed by atoms with Crippen molar-refractivity contribution in [1.29, 1.82) is 0 Å². The predicted octanol–water partition coefficient (Wildman–Crippen LogP) is 2.83. The molecule has 2 aromatic heterocycles. The van der Waals surface area contributed by atoms with Crippen LogP contribution in [0.25, 0.3) is 5.65 Å². The quantitative estimate of drug-likeness (QED) is 0.689. The van der Waals surface area contributed by atoms with Crippen LogP contribution in [0.1, 0.15) is 18.2 Å². The zero-order chi connectivity index (χ0) is 17.2. The zero-order valence-electron chi connectivity index (χ0n) is 13.3. The Kier molecular flexibility index (Phi) is 4.64. The highest BCUT2D eigenvalue weighted by Gasteiger charge is 2.22. The number of hydrogen-bond donors (Lipinski definition) is 0. The molecule has 0 amide bonds. The van der Waals surface area contributed by atoms with E-state index in [0.717, 1.165) is 11.3 Å². The summed E-state index contributed by atoms with van der Waals surface area (Å²) in [5.41, 5.74) is 2.14. The molecule has 0 aliphatic heterocycles. The number of sulfonamides is 1. The Morgan fingerprint density at radius 2 is 1.92 bits per heavy atom. The molecule has 0 aliphatic rings. The van der Waals surface area contributed by atoms with Crippen LogP contribution >= 0.6 is 0 Å². The van der Waals surface area contributed by atoms with Crippen molar-refractivity contribution in [3.8, 4) is 0 Å². The minimum absolute atomic E-state index is 0.155. The average Bonchev–Trinajstić information content (AvgIpc) is 2.97. The van der Waals surface area contributed by atoms with E-state index in [4.69, 9.17) is 0 Å². The summed E-state index contributed by atoms with van der Waals surface area (Å²) in [6.45, 7) is 2.39. The minimum atomic E-state index is -3.51. The second-order valence-corrected chi connectivity index (χ2v) is 7.46. The van der Waals surface area contributed by atoms with Gasteiger partial charge in [-0.25, -0.2) is 17.8 Å². The second kappa shape index (κ2) is 6.70. The summed E-state index contributed by atoms with van der Waals surface area (Å²) in [7, 11) is -3.51. The maximum Gasteiger partial charge on any atom is 0.218 e. The maximum atomic E-state index is 13.0. The SMILES string of the molecule is CCN(Cc1cnc2ccccn12)S(=O)(=O)Cc1ccc(F)cc1. The number of nitrogens with zero attached hydrogens (tertiary/aromatic N) is 3. The van der Waals surface area contributed by atoms with Gasteiger partial charge in [0.2, 0.25) is 10.0 Å². The first-order valence-electron chi connectivity index (χ1n) is 7.63. The van der Waals surface area contributed by atoms with E-state index in [1.807, 2.05) is 28.8 Å². The standard InChI is InChI=1S/C17H18FN3O2S/c1-2-20(12-16-11-19-17-5-3-4-10-21(16)17)24(22,23)13-14-6-8-15(18)9-7-14/h3-11H,2,12-13H2,1H3. The lowest BCUT2D eigenvalue weighted by Crippen LogP contribution is -2.32. The van der Waals surface area contributed by atoms with Crippen LogP contribution < -0.4 is 0 Å². The molecule has 7 heteroatoms. The van der Waals surface area contributed by atoms with Crippen LogP contribution in [0.2, 0.25) is 0 Å². The highest BCUT2D eigenvalue weighted by atomic mass is 32.2. The molecular weight excluding hydrogens is 329 g/mol. The second-order valence-electron chi connectivity index (χ2n) is 5.49. The Hall–Kier alpha value is -2.25. The van der Waals surface area contributed by atoms with Gasteiger partial charge >= 0.3 is 0 Å². The zero-order valence-corrected chi connectivity index (χ0v) is 14.1. The van der Waals surface area contributed by atoms with E-state index in [0.29, 0.717) is 12.1 Å². The van der Waals surface area contributed by atoms with Crippen LogP contribution in [-0.2, 0) is 22.3 Å². The molecule has 126 valence electrons. The molecule has 0 N–H and O–H groups in total. The van der Waals surface area contributed by atoms with Crippen molar-refractivity contribution in [1.82, 2.24) is 13.7 Å². The maximum absolute atomic E-state index is 13.0. The van der Waals surface area contributed by atoms with Gasteiger partial charge in [-0.1, -0.05) is 25.1 Å². The third kappa shape index (κ3) is 3.47. The molecule has 3 rings (SSSR count).